The Balaban J connectivity index is 1.68. The van der Waals surface area contributed by atoms with Crippen LogP contribution in [0.15, 0.2) is 60.2 Å². The van der Waals surface area contributed by atoms with Crippen molar-refractivity contribution in [2.24, 2.45) is 0 Å². The third-order valence-electron chi connectivity index (χ3n) is 4.56. The van der Waals surface area contributed by atoms with E-state index in [2.05, 4.69) is 34.5 Å². The number of rotatable bonds is 3. The summed E-state index contributed by atoms with van der Waals surface area (Å²) in [7, 11) is 0. The maximum Gasteiger partial charge on any atom is 0.109 e. The summed E-state index contributed by atoms with van der Waals surface area (Å²) in [6, 6.07) is 18.8. The lowest BCUT2D eigenvalue weighted by atomic mass is 10.1. The Kier molecular flexibility index (Phi) is 4.32. The standard InChI is InChI=1S/C20H20N2OS/c24-20(21-16-7-2-1-3-8-16)18-14-15-6-4-5-9-17(15)19(18)22-10-12-23-13-11-22/h1-9H,10-14H2,(H,21,24). The van der Waals surface area contributed by atoms with Crippen LogP contribution in [-0.4, -0.2) is 36.2 Å². The number of morpholine rings is 1. The molecule has 0 bridgehead atoms. The summed E-state index contributed by atoms with van der Waals surface area (Å²) < 4.78 is 5.53. The minimum atomic E-state index is 0.776. The van der Waals surface area contributed by atoms with Crippen molar-refractivity contribution in [3.8, 4) is 0 Å². The van der Waals surface area contributed by atoms with Gasteiger partial charge in [-0.25, -0.2) is 0 Å². The molecule has 122 valence electrons. The van der Waals surface area contributed by atoms with E-state index in [4.69, 9.17) is 17.0 Å². The van der Waals surface area contributed by atoms with Crippen molar-refractivity contribution in [2.75, 3.05) is 31.6 Å². The number of hydrogen-bond donors (Lipinski definition) is 1. The average Bonchev–Trinajstić information content (AvgIpc) is 3.03. The molecule has 0 radical (unpaired) electrons. The molecule has 1 fully saturated rings. The predicted octanol–water partition coefficient (Wildman–Crippen LogP) is 3.73. The van der Waals surface area contributed by atoms with E-state index in [0.717, 1.165) is 43.4 Å². The molecule has 2 aliphatic rings. The monoisotopic (exact) mass is 336 g/mol. The van der Waals surface area contributed by atoms with Gasteiger partial charge in [0.15, 0.2) is 0 Å². The molecule has 4 heteroatoms. The van der Waals surface area contributed by atoms with Crippen LogP contribution in [0.5, 0.6) is 0 Å². The molecule has 1 aliphatic heterocycles. The van der Waals surface area contributed by atoms with Crippen LogP contribution >= 0.6 is 12.2 Å². The van der Waals surface area contributed by atoms with Gasteiger partial charge in [0.25, 0.3) is 0 Å². The van der Waals surface area contributed by atoms with E-state index in [1.54, 1.807) is 0 Å². The van der Waals surface area contributed by atoms with E-state index >= 15 is 0 Å². The summed E-state index contributed by atoms with van der Waals surface area (Å²) >= 11 is 5.76. The summed E-state index contributed by atoms with van der Waals surface area (Å²) in [6.45, 7) is 3.39. The fourth-order valence-corrected chi connectivity index (χ4v) is 3.69. The maximum atomic E-state index is 5.76. The molecule has 1 saturated heterocycles. The van der Waals surface area contributed by atoms with Crippen molar-refractivity contribution in [3.63, 3.8) is 0 Å². The first kappa shape index (κ1) is 15.4. The van der Waals surface area contributed by atoms with Gasteiger partial charge in [0, 0.05) is 36.3 Å². The van der Waals surface area contributed by atoms with Crippen molar-refractivity contribution in [1.29, 1.82) is 0 Å². The van der Waals surface area contributed by atoms with Crippen molar-refractivity contribution in [3.05, 3.63) is 71.3 Å². The second kappa shape index (κ2) is 6.75. The van der Waals surface area contributed by atoms with Crippen LogP contribution in [-0.2, 0) is 11.2 Å². The zero-order chi connectivity index (χ0) is 16.4. The zero-order valence-corrected chi connectivity index (χ0v) is 14.3. The van der Waals surface area contributed by atoms with Gasteiger partial charge in [-0.15, -0.1) is 0 Å². The fraction of sp³-hybridized carbons (Fsp3) is 0.250. The summed E-state index contributed by atoms with van der Waals surface area (Å²) in [5.74, 6) is 0. The molecule has 1 aliphatic carbocycles. The third-order valence-corrected chi connectivity index (χ3v) is 4.91. The molecular formula is C20H20N2OS. The Morgan fingerprint density at radius 2 is 1.67 bits per heavy atom. The smallest absolute Gasteiger partial charge is 0.109 e. The van der Waals surface area contributed by atoms with Crippen LogP contribution in [0.25, 0.3) is 5.70 Å². The van der Waals surface area contributed by atoms with Crippen molar-refractivity contribution < 1.29 is 4.74 Å². The molecule has 0 aromatic heterocycles. The van der Waals surface area contributed by atoms with Gasteiger partial charge < -0.3 is 15.0 Å². The van der Waals surface area contributed by atoms with E-state index in [1.807, 2.05) is 30.3 Å². The molecule has 0 unspecified atom stereocenters. The molecule has 2 aromatic rings. The van der Waals surface area contributed by atoms with Gasteiger partial charge in [-0.05, 0) is 17.7 Å². The molecule has 0 saturated carbocycles. The Bertz CT molecular complexity index is 779. The normalized spacial score (nSPS) is 16.9. The number of fused-ring (bicyclic) bond motifs is 1. The van der Waals surface area contributed by atoms with Crippen LogP contribution in [0.2, 0.25) is 0 Å². The first-order chi connectivity index (χ1) is 11.8. The van der Waals surface area contributed by atoms with Gasteiger partial charge in [-0.2, -0.15) is 0 Å². The Morgan fingerprint density at radius 3 is 2.46 bits per heavy atom. The highest BCUT2D eigenvalue weighted by Crippen LogP contribution is 2.36. The highest BCUT2D eigenvalue weighted by Gasteiger charge is 2.28. The molecule has 3 nitrogen and oxygen atoms in total. The lowest BCUT2D eigenvalue weighted by molar-refractivity contribution is 0.0639. The van der Waals surface area contributed by atoms with Crippen LogP contribution in [0.1, 0.15) is 11.1 Å². The molecule has 1 N–H and O–H groups in total. The minimum absolute atomic E-state index is 0.776. The molecule has 0 atom stereocenters. The molecule has 4 rings (SSSR count). The Morgan fingerprint density at radius 1 is 0.958 bits per heavy atom. The van der Waals surface area contributed by atoms with Gasteiger partial charge in [-0.3, -0.25) is 0 Å². The van der Waals surface area contributed by atoms with Crippen molar-refractivity contribution in [1.82, 2.24) is 4.90 Å². The zero-order valence-electron chi connectivity index (χ0n) is 13.5. The molecular weight excluding hydrogens is 316 g/mol. The van der Waals surface area contributed by atoms with Crippen LogP contribution < -0.4 is 5.32 Å². The lowest BCUT2D eigenvalue weighted by Crippen LogP contribution is -2.35. The van der Waals surface area contributed by atoms with E-state index < -0.39 is 0 Å². The first-order valence-electron chi connectivity index (χ1n) is 8.33. The largest absolute Gasteiger partial charge is 0.378 e. The van der Waals surface area contributed by atoms with Gasteiger partial charge in [0.2, 0.25) is 0 Å². The molecule has 0 amide bonds. The van der Waals surface area contributed by atoms with Gasteiger partial charge in [-0.1, -0.05) is 54.7 Å². The van der Waals surface area contributed by atoms with E-state index in [1.165, 1.54) is 22.4 Å². The molecule has 2 aromatic carbocycles. The third kappa shape index (κ3) is 2.95. The first-order valence-corrected chi connectivity index (χ1v) is 8.74. The van der Waals surface area contributed by atoms with Gasteiger partial charge in [0.05, 0.1) is 18.9 Å². The van der Waals surface area contributed by atoms with Gasteiger partial charge in [0.1, 0.15) is 4.99 Å². The fourth-order valence-electron chi connectivity index (χ4n) is 3.41. The Hall–Kier alpha value is -2.17. The average molecular weight is 336 g/mol. The number of ether oxygens (including phenoxy) is 1. The topological polar surface area (TPSA) is 24.5 Å². The van der Waals surface area contributed by atoms with E-state index in [-0.39, 0.29) is 0 Å². The second-order valence-electron chi connectivity index (χ2n) is 6.08. The minimum Gasteiger partial charge on any atom is -0.378 e. The number of nitrogens with zero attached hydrogens (tertiary/aromatic N) is 1. The molecule has 24 heavy (non-hydrogen) atoms. The van der Waals surface area contributed by atoms with Gasteiger partial charge >= 0.3 is 0 Å². The number of hydrogen-bond acceptors (Lipinski definition) is 3. The summed E-state index contributed by atoms with van der Waals surface area (Å²) in [4.78, 5) is 3.24. The van der Waals surface area contributed by atoms with Crippen LogP contribution in [0.3, 0.4) is 0 Å². The van der Waals surface area contributed by atoms with Crippen LogP contribution in [0, 0.1) is 0 Å². The summed E-state index contributed by atoms with van der Waals surface area (Å²) in [6.07, 6.45) is 0.890. The summed E-state index contributed by atoms with van der Waals surface area (Å²) in [5.41, 5.74) is 6.20. The number of para-hydroxylation sites is 1. The number of benzene rings is 2. The number of nitrogens with one attached hydrogen (secondary N) is 1. The van der Waals surface area contributed by atoms with E-state index in [9.17, 15) is 0 Å². The highest BCUT2D eigenvalue weighted by atomic mass is 32.1. The second-order valence-corrected chi connectivity index (χ2v) is 6.49. The SMILES string of the molecule is S=C(Nc1ccccc1)C1=C(N2CCOCC2)c2ccccc2C1. The molecule has 1 heterocycles. The predicted molar refractivity (Wildman–Crippen MR) is 102 cm³/mol. The lowest BCUT2D eigenvalue weighted by Gasteiger charge is -2.31. The van der Waals surface area contributed by atoms with E-state index in [0.29, 0.717) is 0 Å². The van der Waals surface area contributed by atoms with Crippen LogP contribution in [0.4, 0.5) is 5.69 Å². The van der Waals surface area contributed by atoms with Crippen molar-refractivity contribution in [2.45, 2.75) is 6.42 Å². The quantitative estimate of drug-likeness (QED) is 0.863. The van der Waals surface area contributed by atoms with Crippen molar-refractivity contribution >= 4 is 28.6 Å². The summed E-state index contributed by atoms with van der Waals surface area (Å²) in [5, 5.41) is 3.40. The number of anilines is 1. The Labute approximate surface area is 147 Å². The number of thiocarbonyl (C=S) groups is 1. The highest BCUT2D eigenvalue weighted by molar-refractivity contribution is 7.81. The maximum absolute atomic E-state index is 5.76. The molecule has 0 spiro atoms.